The van der Waals surface area contributed by atoms with E-state index in [1.165, 1.54) is 6.66 Å². The second-order valence-corrected chi connectivity index (χ2v) is 9.39. The minimum absolute atomic E-state index is 0. The zero-order valence-electron chi connectivity index (χ0n) is 8.69. The molecular weight excluding hydrogens is 321 g/mol. The highest BCUT2D eigenvalue weighted by Crippen LogP contribution is 2.63. The van der Waals surface area contributed by atoms with E-state index >= 15 is 0 Å². The van der Waals surface area contributed by atoms with Crippen molar-refractivity contribution in [2.24, 2.45) is 0 Å². The minimum atomic E-state index is -3.28. The fourth-order valence-electron chi connectivity index (χ4n) is 0.990. The van der Waals surface area contributed by atoms with Gasteiger partial charge in [0.1, 0.15) is 0 Å². The molecule has 0 fully saturated rings. The number of unbranched alkanes of at least 4 members (excludes halogenated alkanes) is 1. The highest BCUT2D eigenvalue weighted by atomic mass is 127. The first-order chi connectivity index (χ1) is 5.27. The van der Waals surface area contributed by atoms with E-state index in [4.69, 9.17) is 9.20 Å². The molecule has 82 valence electrons. The van der Waals surface area contributed by atoms with Gasteiger partial charge in [-0.1, -0.05) is 13.3 Å². The summed E-state index contributed by atoms with van der Waals surface area (Å²) in [4.78, 5) is 9.01. The summed E-state index contributed by atoms with van der Waals surface area (Å²) in [7, 11) is -4.87. The zero-order chi connectivity index (χ0) is 9.83. The van der Waals surface area contributed by atoms with E-state index < -0.39 is 15.1 Å². The molecule has 13 heavy (non-hydrogen) atoms. The lowest BCUT2D eigenvalue weighted by Gasteiger charge is -2.17. The monoisotopic (exact) mass is 341 g/mol. The van der Waals surface area contributed by atoms with Gasteiger partial charge in [0.25, 0.3) is 0 Å². The standard InChI is InChI=1S/C7H18O3P2.HI/c1-5-6-7-11(2,3)10-12(4,8)9;/h5-7H2,1-4H3;1H/p+1. The van der Waals surface area contributed by atoms with Crippen LogP contribution in [0.3, 0.4) is 0 Å². The third-order valence-corrected chi connectivity index (χ3v) is 5.80. The van der Waals surface area contributed by atoms with Crippen molar-refractivity contribution in [1.82, 2.24) is 0 Å². The second kappa shape index (κ2) is 6.73. The van der Waals surface area contributed by atoms with Crippen molar-refractivity contribution in [3.63, 3.8) is 0 Å². The van der Waals surface area contributed by atoms with Crippen LogP contribution >= 0.6 is 39.1 Å². The predicted molar refractivity (Wildman–Crippen MR) is 70.8 cm³/mol. The Balaban J connectivity index is 0. The van der Waals surface area contributed by atoms with Gasteiger partial charge < -0.3 is 4.89 Å². The van der Waals surface area contributed by atoms with Crippen LogP contribution in [-0.4, -0.2) is 31.0 Å². The molecule has 0 aliphatic carbocycles. The van der Waals surface area contributed by atoms with Crippen molar-refractivity contribution in [3.05, 3.63) is 0 Å². The maximum absolute atomic E-state index is 11.0. The number of hydrogen-bond donors (Lipinski definition) is 1. The quantitative estimate of drug-likeness (QED) is 0.616. The molecule has 0 rings (SSSR count). The molecule has 1 N–H and O–H groups in total. The number of hydrogen-bond acceptors (Lipinski definition) is 2. The van der Waals surface area contributed by atoms with E-state index in [2.05, 4.69) is 6.92 Å². The smallest absolute Gasteiger partial charge is 0.322 e. The third-order valence-electron chi connectivity index (χ3n) is 1.42. The van der Waals surface area contributed by atoms with E-state index in [1.54, 1.807) is 0 Å². The minimum Gasteiger partial charge on any atom is -0.322 e. The van der Waals surface area contributed by atoms with Crippen molar-refractivity contribution in [1.29, 1.82) is 0 Å². The van der Waals surface area contributed by atoms with Crippen LogP contribution in [0, 0.1) is 0 Å². The van der Waals surface area contributed by atoms with Crippen molar-refractivity contribution in [2.45, 2.75) is 19.8 Å². The molecule has 3 nitrogen and oxygen atoms in total. The molecule has 0 amide bonds. The molecule has 6 heteroatoms. The summed E-state index contributed by atoms with van der Waals surface area (Å²) in [6.07, 6.45) is 3.11. The summed E-state index contributed by atoms with van der Waals surface area (Å²) in [6.45, 7) is 7.26. The molecule has 0 saturated heterocycles. The first kappa shape index (κ1) is 16.7. The third kappa shape index (κ3) is 11.2. The Morgan fingerprint density at radius 1 is 1.46 bits per heavy atom. The average Bonchev–Trinajstić information content (AvgIpc) is 1.78. The van der Waals surface area contributed by atoms with Gasteiger partial charge in [-0.15, -0.1) is 24.0 Å². The molecule has 0 heterocycles. The van der Waals surface area contributed by atoms with E-state index in [9.17, 15) is 4.57 Å². The highest BCUT2D eigenvalue weighted by Gasteiger charge is 2.33. The van der Waals surface area contributed by atoms with Crippen LogP contribution in [0.1, 0.15) is 19.8 Å². The van der Waals surface area contributed by atoms with Crippen LogP contribution in [-0.2, 0) is 8.88 Å². The van der Waals surface area contributed by atoms with Crippen LogP contribution in [0.25, 0.3) is 0 Å². The molecule has 0 bridgehead atoms. The summed E-state index contributed by atoms with van der Waals surface area (Å²) in [5, 5.41) is 0. The SMILES string of the molecule is CCCC[P+](C)(C)OP(C)(=O)O.I. The van der Waals surface area contributed by atoms with Gasteiger partial charge in [-0.05, 0) is 6.42 Å². The average molecular weight is 341 g/mol. The van der Waals surface area contributed by atoms with Crippen LogP contribution in [0.5, 0.6) is 0 Å². The second-order valence-electron chi connectivity index (χ2n) is 3.54. The maximum Gasteiger partial charge on any atom is 0.358 e. The first-order valence-corrected chi connectivity index (χ1v) is 8.92. The maximum atomic E-state index is 11.0. The van der Waals surface area contributed by atoms with Crippen molar-refractivity contribution in [3.8, 4) is 0 Å². The highest BCUT2D eigenvalue weighted by molar-refractivity contribution is 14.0. The predicted octanol–water partition coefficient (Wildman–Crippen LogP) is 3.43. The van der Waals surface area contributed by atoms with Crippen LogP contribution < -0.4 is 0 Å². The molecular formula is C7H20IO3P2+. The summed E-state index contributed by atoms with van der Waals surface area (Å²) in [6, 6.07) is 0. The summed E-state index contributed by atoms with van der Waals surface area (Å²) in [5.74, 6) is 0. The van der Waals surface area contributed by atoms with E-state index in [-0.39, 0.29) is 24.0 Å². The molecule has 0 aromatic carbocycles. The Bertz CT molecular complexity index is 179. The van der Waals surface area contributed by atoms with Gasteiger partial charge in [0.15, 0.2) is 7.49 Å². The Morgan fingerprint density at radius 2 is 1.92 bits per heavy atom. The fourth-order valence-corrected chi connectivity index (χ4v) is 5.68. The Hall–Kier alpha value is 1.31. The fraction of sp³-hybridized carbons (Fsp3) is 1.00. The number of rotatable bonds is 5. The molecule has 0 aromatic heterocycles. The van der Waals surface area contributed by atoms with E-state index in [1.807, 2.05) is 13.3 Å². The van der Waals surface area contributed by atoms with Gasteiger partial charge in [0, 0.05) is 6.66 Å². The lowest BCUT2D eigenvalue weighted by atomic mass is 10.4. The van der Waals surface area contributed by atoms with Crippen molar-refractivity contribution in [2.75, 3.05) is 26.2 Å². The van der Waals surface area contributed by atoms with Gasteiger partial charge in [-0.25, -0.2) is 0 Å². The number of halogens is 1. The lowest BCUT2D eigenvalue weighted by molar-refractivity contribution is 0.399. The summed E-state index contributed by atoms with van der Waals surface area (Å²) in [5.41, 5.74) is 0. The molecule has 0 spiro atoms. The van der Waals surface area contributed by atoms with Gasteiger partial charge in [0.2, 0.25) is 0 Å². The first-order valence-electron chi connectivity index (χ1n) is 4.11. The van der Waals surface area contributed by atoms with Crippen LogP contribution in [0.2, 0.25) is 0 Å². The normalized spacial score (nSPS) is 16.1. The van der Waals surface area contributed by atoms with Gasteiger partial charge in [0.05, 0.1) is 19.5 Å². The molecule has 0 saturated carbocycles. The largest absolute Gasteiger partial charge is 0.358 e. The van der Waals surface area contributed by atoms with Crippen molar-refractivity contribution < 1.29 is 13.8 Å². The zero-order valence-corrected chi connectivity index (χ0v) is 12.8. The van der Waals surface area contributed by atoms with Crippen molar-refractivity contribution >= 4 is 39.1 Å². The summed E-state index contributed by atoms with van der Waals surface area (Å²) < 4.78 is 16.1. The van der Waals surface area contributed by atoms with Crippen LogP contribution in [0.4, 0.5) is 0 Å². The molecule has 0 aliphatic rings. The Labute approximate surface area is 98.6 Å². The van der Waals surface area contributed by atoms with E-state index in [0.717, 1.165) is 19.0 Å². The molecule has 1 unspecified atom stereocenters. The molecule has 0 aromatic rings. The summed E-state index contributed by atoms with van der Waals surface area (Å²) >= 11 is 0. The van der Waals surface area contributed by atoms with E-state index in [0.29, 0.717) is 0 Å². The molecule has 0 radical (unpaired) electrons. The van der Waals surface area contributed by atoms with Crippen LogP contribution in [0.15, 0.2) is 0 Å². The van der Waals surface area contributed by atoms with Gasteiger partial charge >= 0.3 is 7.60 Å². The lowest BCUT2D eigenvalue weighted by Crippen LogP contribution is -1.98. The Morgan fingerprint density at radius 3 is 2.23 bits per heavy atom. The van der Waals surface area contributed by atoms with Gasteiger partial charge in [-0.2, -0.15) is 4.31 Å². The molecule has 0 aliphatic heterocycles. The molecule has 1 atom stereocenters. The van der Waals surface area contributed by atoms with Gasteiger partial charge in [-0.3, -0.25) is 4.57 Å². The topological polar surface area (TPSA) is 46.5 Å². The Kier molecular flexibility index (Phi) is 8.66.